The summed E-state index contributed by atoms with van der Waals surface area (Å²) in [6, 6.07) is 9.47. The highest BCUT2D eigenvalue weighted by atomic mass is 19.1. The Balaban J connectivity index is 2.03. The van der Waals surface area contributed by atoms with E-state index in [9.17, 15) is 14.5 Å². The molecule has 2 N–H and O–H groups in total. The van der Waals surface area contributed by atoms with Crippen molar-refractivity contribution in [3.8, 4) is 22.7 Å². The Hall–Kier alpha value is -4.08. The lowest BCUT2D eigenvalue weighted by molar-refractivity contribution is -0.387. The molecule has 2 aromatic heterocycles. The van der Waals surface area contributed by atoms with Gasteiger partial charge in [0, 0.05) is 34.8 Å². The van der Waals surface area contributed by atoms with Gasteiger partial charge in [-0.3, -0.25) is 10.1 Å². The highest BCUT2D eigenvalue weighted by molar-refractivity contribution is 5.84. The Morgan fingerprint density at radius 3 is 2.75 bits per heavy atom. The summed E-state index contributed by atoms with van der Waals surface area (Å²) in [5.41, 5.74) is 6.41. The van der Waals surface area contributed by atoms with Gasteiger partial charge in [0.1, 0.15) is 5.75 Å². The summed E-state index contributed by atoms with van der Waals surface area (Å²) in [5.74, 6) is -0.635. The number of benzene rings is 2. The van der Waals surface area contributed by atoms with Crippen LogP contribution in [0.4, 0.5) is 16.0 Å². The molecule has 9 nitrogen and oxygen atoms in total. The molecule has 4 aromatic rings. The maximum Gasteiger partial charge on any atom is 0.305 e. The van der Waals surface area contributed by atoms with Gasteiger partial charge in [-0.05, 0) is 6.07 Å². The zero-order valence-electron chi connectivity index (χ0n) is 14.5. The van der Waals surface area contributed by atoms with E-state index in [4.69, 9.17) is 10.5 Å². The lowest BCUT2D eigenvalue weighted by Crippen LogP contribution is -2.07. The fourth-order valence-electron chi connectivity index (χ4n) is 2.94. The second-order valence-electron chi connectivity index (χ2n) is 5.84. The fourth-order valence-corrected chi connectivity index (χ4v) is 2.94. The van der Waals surface area contributed by atoms with E-state index >= 15 is 0 Å². The number of aromatic nitrogens is 4. The van der Waals surface area contributed by atoms with Crippen LogP contribution in [-0.2, 0) is 0 Å². The van der Waals surface area contributed by atoms with Crippen molar-refractivity contribution < 1.29 is 14.1 Å². The number of methoxy groups -OCH3 is 1. The first-order chi connectivity index (χ1) is 13.5. The topological polar surface area (TPSA) is 122 Å². The Morgan fingerprint density at radius 2 is 2.00 bits per heavy atom. The molecule has 0 atom stereocenters. The van der Waals surface area contributed by atoms with Crippen molar-refractivity contribution in [2.24, 2.45) is 0 Å². The average Bonchev–Trinajstić information content (AvgIpc) is 3.11. The van der Waals surface area contributed by atoms with Crippen LogP contribution < -0.4 is 10.5 Å². The van der Waals surface area contributed by atoms with Gasteiger partial charge in [-0.1, -0.05) is 18.2 Å². The van der Waals surface area contributed by atoms with E-state index in [0.717, 1.165) is 23.0 Å². The number of halogens is 1. The number of nitrogens with two attached hydrogens (primary N) is 1. The number of nitrogens with zero attached hydrogens (tertiary/aromatic N) is 5. The highest BCUT2D eigenvalue weighted by Crippen LogP contribution is 2.38. The van der Waals surface area contributed by atoms with E-state index in [1.165, 1.54) is 18.0 Å². The molecule has 0 aliphatic rings. The zero-order valence-corrected chi connectivity index (χ0v) is 14.5. The van der Waals surface area contributed by atoms with Crippen molar-refractivity contribution in [1.29, 1.82) is 0 Å². The van der Waals surface area contributed by atoms with Crippen LogP contribution >= 0.6 is 0 Å². The van der Waals surface area contributed by atoms with Crippen LogP contribution in [-0.4, -0.2) is 31.8 Å². The van der Waals surface area contributed by atoms with E-state index in [2.05, 4.69) is 15.1 Å². The predicted molar refractivity (Wildman–Crippen MR) is 99.7 cm³/mol. The fraction of sp³-hybridized carbons (Fsp3) is 0.0556. The number of nitro groups is 1. The summed E-state index contributed by atoms with van der Waals surface area (Å²) in [6.45, 7) is 0. The molecule has 140 valence electrons. The van der Waals surface area contributed by atoms with Crippen LogP contribution in [0.2, 0.25) is 0 Å². The van der Waals surface area contributed by atoms with Gasteiger partial charge < -0.3 is 10.5 Å². The van der Waals surface area contributed by atoms with Gasteiger partial charge in [0.15, 0.2) is 5.82 Å². The average molecular weight is 380 g/mol. The van der Waals surface area contributed by atoms with Crippen molar-refractivity contribution in [2.45, 2.75) is 0 Å². The third-order valence-corrected chi connectivity index (χ3v) is 4.22. The quantitative estimate of drug-likeness (QED) is 0.426. The Labute approximate surface area is 157 Å². The molecule has 0 saturated carbocycles. The molecule has 0 unspecified atom stereocenters. The number of para-hydroxylation sites is 1. The first-order valence-electron chi connectivity index (χ1n) is 8.07. The lowest BCUT2D eigenvalue weighted by Gasteiger charge is -2.13. The summed E-state index contributed by atoms with van der Waals surface area (Å²) in [7, 11) is 1.34. The largest absolute Gasteiger partial charge is 0.496 e. The number of fused-ring (bicyclic) bond motifs is 1. The summed E-state index contributed by atoms with van der Waals surface area (Å²) in [6.07, 6.45) is 3.05. The number of hydrogen-bond acceptors (Lipinski definition) is 7. The molecule has 0 fully saturated rings. The van der Waals surface area contributed by atoms with Gasteiger partial charge in [-0.2, -0.15) is 14.5 Å². The third kappa shape index (κ3) is 2.76. The van der Waals surface area contributed by atoms with Crippen LogP contribution in [0, 0.1) is 15.9 Å². The van der Waals surface area contributed by atoms with Gasteiger partial charge in [0.25, 0.3) is 0 Å². The monoisotopic (exact) mass is 380 g/mol. The first kappa shape index (κ1) is 17.3. The molecular formula is C18H13FN6O3. The molecule has 2 heterocycles. The SMILES string of the molecule is COc1cc(F)c([N+](=O)[O-])cc1-c1cnc(N)nc1-n1ncc2ccccc21. The Morgan fingerprint density at radius 1 is 1.21 bits per heavy atom. The summed E-state index contributed by atoms with van der Waals surface area (Å²) in [5, 5.41) is 16.4. The molecule has 0 radical (unpaired) electrons. The number of nitrogen functional groups attached to an aromatic ring is 1. The van der Waals surface area contributed by atoms with Crippen LogP contribution in [0.15, 0.2) is 48.8 Å². The summed E-state index contributed by atoms with van der Waals surface area (Å²) >= 11 is 0. The minimum Gasteiger partial charge on any atom is -0.496 e. The van der Waals surface area contributed by atoms with Crippen molar-refractivity contribution in [2.75, 3.05) is 12.8 Å². The maximum absolute atomic E-state index is 14.0. The van der Waals surface area contributed by atoms with Crippen LogP contribution in [0.25, 0.3) is 27.8 Å². The van der Waals surface area contributed by atoms with Crippen LogP contribution in [0.3, 0.4) is 0 Å². The van der Waals surface area contributed by atoms with Crippen molar-refractivity contribution in [1.82, 2.24) is 19.7 Å². The van der Waals surface area contributed by atoms with E-state index in [0.29, 0.717) is 5.56 Å². The van der Waals surface area contributed by atoms with Gasteiger partial charge in [0.2, 0.25) is 11.8 Å². The van der Waals surface area contributed by atoms with Gasteiger partial charge in [-0.25, -0.2) is 9.67 Å². The summed E-state index contributed by atoms with van der Waals surface area (Å²) < 4.78 is 20.8. The molecule has 0 amide bonds. The van der Waals surface area contributed by atoms with E-state index in [1.807, 2.05) is 24.3 Å². The molecular weight excluding hydrogens is 367 g/mol. The van der Waals surface area contributed by atoms with Gasteiger partial charge >= 0.3 is 5.69 Å². The van der Waals surface area contributed by atoms with Gasteiger partial charge in [0.05, 0.1) is 23.7 Å². The standard InChI is InChI=1S/C18H13FN6O3/c1-28-16-7-13(19)15(25(26)27)6-11(16)12-9-21-18(20)23-17(12)24-14-5-3-2-4-10(14)8-22-24/h2-9H,1H3,(H2,20,21,23). The van der Waals surface area contributed by atoms with Crippen molar-refractivity contribution in [3.63, 3.8) is 0 Å². The van der Waals surface area contributed by atoms with E-state index in [-0.39, 0.29) is 23.1 Å². The van der Waals surface area contributed by atoms with Crippen LogP contribution in [0.1, 0.15) is 0 Å². The lowest BCUT2D eigenvalue weighted by atomic mass is 10.1. The molecule has 0 bridgehead atoms. The van der Waals surface area contributed by atoms with Crippen molar-refractivity contribution in [3.05, 3.63) is 64.7 Å². The smallest absolute Gasteiger partial charge is 0.305 e. The van der Waals surface area contributed by atoms with Crippen LogP contribution in [0.5, 0.6) is 5.75 Å². The number of anilines is 1. The number of ether oxygens (including phenoxy) is 1. The minimum absolute atomic E-state index is 0.00564. The van der Waals surface area contributed by atoms with E-state index < -0.39 is 16.4 Å². The Kier molecular flexibility index (Phi) is 4.07. The molecule has 2 aromatic carbocycles. The molecule has 0 aliphatic carbocycles. The maximum atomic E-state index is 14.0. The minimum atomic E-state index is -1.01. The van der Waals surface area contributed by atoms with Crippen molar-refractivity contribution >= 4 is 22.5 Å². The van der Waals surface area contributed by atoms with Gasteiger partial charge in [-0.15, -0.1) is 0 Å². The second kappa shape index (κ2) is 6.58. The molecule has 0 aliphatic heterocycles. The van der Waals surface area contributed by atoms with E-state index in [1.54, 1.807) is 6.20 Å². The predicted octanol–water partition coefficient (Wildman–Crippen LogP) is 3.12. The molecule has 4 rings (SSSR count). The summed E-state index contributed by atoms with van der Waals surface area (Å²) in [4.78, 5) is 18.6. The Bertz CT molecular complexity index is 1220. The zero-order chi connectivity index (χ0) is 19.8. The third-order valence-electron chi connectivity index (χ3n) is 4.22. The normalized spacial score (nSPS) is 10.9. The molecule has 0 saturated heterocycles. The highest BCUT2D eigenvalue weighted by Gasteiger charge is 2.23. The second-order valence-corrected chi connectivity index (χ2v) is 5.84. The first-order valence-corrected chi connectivity index (χ1v) is 8.07. The molecule has 28 heavy (non-hydrogen) atoms. The molecule has 0 spiro atoms. The number of rotatable bonds is 4. The number of nitro benzene ring substituents is 1. The number of hydrogen-bond donors (Lipinski definition) is 1. The molecule has 10 heteroatoms.